The molecule has 0 saturated carbocycles. The van der Waals surface area contributed by atoms with E-state index in [1.165, 1.54) is 12.1 Å². The summed E-state index contributed by atoms with van der Waals surface area (Å²) in [6, 6.07) is 4.81. The molecule has 2 aliphatic rings. The molecular weight excluding hydrogens is 360 g/mol. The summed E-state index contributed by atoms with van der Waals surface area (Å²) in [4.78, 5) is 0. The van der Waals surface area contributed by atoms with Gasteiger partial charge in [0.2, 0.25) is 5.75 Å². The molecule has 1 atom stereocenters. The highest BCUT2D eigenvalue weighted by atomic mass is 16.3. The summed E-state index contributed by atoms with van der Waals surface area (Å²) in [5.74, 6) is -1.63. The van der Waals surface area contributed by atoms with Gasteiger partial charge in [-0.25, -0.2) is 0 Å². The molecular formula is C22H28O6. The molecule has 0 saturated heterocycles. The van der Waals surface area contributed by atoms with Crippen LogP contribution >= 0.6 is 0 Å². The molecule has 28 heavy (non-hydrogen) atoms. The summed E-state index contributed by atoms with van der Waals surface area (Å²) < 4.78 is 0. The first-order valence-corrected chi connectivity index (χ1v) is 9.22. The van der Waals surface area contributed by atoms with Gasteiger partial charge in [0.15, 0.2) is 23.0 Å². The average Bonchev–Trinajstić information content (AvgIpc) is 2.97. The summed E-state index contributed by atoms with van der Waals surface area (Å²) in [5, 5.41) is 58.8. The molecule has 6 heteroatoms. The van der Waals surface area contributed by atoms with Crippen LogP contribution in [0.25, 0.3) is 0 Å². The van der Waals surface area contributed by atoms with Crippen LogP contribution in [0.5, 0.6) is 28.7 Å². The predicted octanol–water partition coefficient (Wildman–Crippen LogP) is 3.47. The van der Waals surface area contributed by atoms with Crippen LogP contribution < -0.4 is 0 Å². The Balaban J connectivity index is 0.00000109. The Morgan fingerprint density at radius 2 is 1.14 bits per heavy atom. The van der Waals surface area contributed by atoms with E-state index in [0.29, 0.717) is 24.0 Å². The van der Waals surface area contributed by atoms with Crippen molar-refractivity contribution in [3.05, 3.63) is 40.5 Å². The Morgan fingerprint density at radius 1 is 0.643 bits per heavy atom. The van der Waals surface area contributed by atoms with Gasteiger partial charge in [-0.15, -0.1) is 0 Å². The van der Waals surface area contributed by atoms with E-state index in [-0.39, 0.29) is 28.4 Å². The van der Waals surface area contributed by atoms with Crippen LogP contribution in [-0.4, -0.2) is 37.7 Å². The third-order valence-corrected chi connectivity index (χ3v) is 6.31. The number of benzene rings is 2. The first kappa shape index (κ1) is 20.1. The molecule has 0 fully saturated rings. The van der Waals surface area contributed by atoms with Crippen LogP contribution in [0.3, 0.4) is 0 Å². The van der Waals surface area contributed by atoms with Crippen LogP contribution in [0.1, 0.15) is 62.8 Å². The van der Waals surface area contributed by atoms with Gasteiger partial charge < -0.3 is 30.6 Å². The highest BCUT2D eigenvalue weighted by Crippen LogP contribution is 2.68. The number of hydrogen-bond donors (Lipinski definition) is 6. The minimum Gasteiger partial charge on any atom is -0.504 e. The van der Waals surface area contributed by atoms with E-state index in [2.05, 4.69) is 13.8 Å². The molecule has 0 aromatic heterocycles. The van der Waals surface area contributed by atoms with E-state index in [1.54, 1.807) is 0 Å². The fourth-order valence-electron chi connectivity index (χ4n) is 5.53. The van der Waals surface area contributed by atoms with Gasteiger partial charge >= 0.3 is 0 Å². The maximum atomic E-state index is 10.8. The van der Waals surface area contributed by atoms with Crippen molar-refractivity contribution in [3.8, 4) is 28.7 Å². The van der Waals surface area contributed by atoms with Crippen molar-refractivity contribution in [2.75, 3.05) is 7.11 Å². The number of hydrogen-bond acceptors (Lipinski definition) is 6. The molecule has 0 radical (unpaired) electrons. The summed E-state index contributed by atoms with van der Waals surface area (Å²) in [6.45, 7) is 8.17. The van der Waals surface area contributed by atoms with Crippen LogP contribution in [-0.2, 0) is 16.2 Å². The van der Waals surface area contributed by atoms with E-state index >= 15 is 0 Å². The van der Waals surface area contributed by atoms with Gasteiger partial charge in [0, 0.05) is 23.7 Å². The maximum absolute atomic E-state index is 10.8. The number of aliphatic hydroxyl groups is 1. The Hall–Kier alpha value is -2.60. The van der Waals surface area contributed by atoms with Crippen LogP contribution in [0.2, 0.25) is 0 Å². The van der Waals surface area contributed by atoms with Crippen molar-refractivity contribution in [3.63, 3.8) is 0 Å². The van der Waals surface area contributed by atoms with Crippen molar-refractivity contribution in [2.45, 2.75) is 56.8 Å². The molecule has 0 amide bonds. The predicted molar refractivity (Wildman–Crippen MR) is 105 cm³/mol. The normalized spacial score (nSPS) is 23.1. The van der Waals surface area contributed by atoms with E-state index in [0.717, 1.165) is 18.2 Å². The molecule has 0 heterocycles. The molecule has 1 spiro atoms. The lowest BCUT2D eigenvalue weighted by atomic mass is 9.72. The minimum absolute atomic E-state index is 0.177. The second-order valence-electron chi connectivity index (χ2n) is 9.07. The molecule has 6 nitrogen and oxygen atoms in total. The van der Waals surface area contributed by atoms with Crippen molar-refractivity contribution < 1.29 is 30.6 Å². The molecule has 2 aliphatic carbocycles. The van der Waals surface area contributed by atoms with Gasteiger partial charge in [-0.1, -0.05) is 33.8 Å². The Labute approximate surface area is 164 Å². The van der Waals surface area contributed by atoms with E-state index in [1.807, 2.05) is 19.9 Å². The monoisotopic (exact) mass is 388 g/mol. The molecule has 1 unspecified atom stereocenters. The Kier molecular flexibility index (Phi) is 4.28. The van der Waals surface area contributed by atoms with Crippen molar-refractivity contribution >= 4 is 0 Å². The lowest BCUT2D eigenvalue weighted by Crippen LogP contribution is -2.27. The SMILES string of the molecule is CC1(C)CC2(CC(C)(C)c3cc(O)c(O)c(O)c32)c2c1ccc(O)c2O.CO. The molecule has 152 valence electrons. The minimum atomic E-state index is -0.754. The summed E-state index contributed by atoms with van der Waals surface area (Å²) in [6.07, 6.45) is 1.19. The highest BCUT2D eigenvalue weighted by Gasteiger charge is 2.59. The van der Waals surface area contributed by atoms with Gasteiger partial charge in [0.25, 0.3) is 0 Å². The maximum Gasteiger partial charge on any atom is 0.200 e. The van der Waals surface area contributed by atoms with E-state index in [9.17, 15) is 25.5 Å². The smallest absolute Gasteiger partial charge is 0.200 e. The van der Waals surface area contributed by atoms with Crippen molar-refractivity contribution in [1.82, 2.24) is 0 Å². The van der Waals surface area contributed by atoms with Gasteiger partial charge in [-0.3, -0.25) is 0 Å². The fourth-order valence-corrected chi connectivity index (χ4v) is 5.53. The van der Waals surface area contributed by atoms with Gasteiger partial charge in [0.1, 0.15) is 0 Å². The average molecular weight is 388 g/mol. The van der Waals surface area contributed by atoms with Crippen LogP contribution in [0.4, 0.5) is 0 Å². The zero-order valence-electron chi connectivity index (χ0n) is 16.8. The zero-order chi connectivity index (χ0) is 21.2. The number of rotatable bonds is 0. The van der Waals surface area contributed by atoms with Crippen LogP contribution in [0.15, 0.2) is 18.2 Å². The van der Waals surface area contributed by atoms with E-state index in [4.69, 9.17) is 5.11 Å². The largest absolute Gasteiger partial charge is 0.504 e. The second-order valence-corrected chi connectivity index (χ2v) is 9.07. The number of aromatic hydroxyl groups is 5. The topological polar surface area (TPSA) is 121 Å². The quantitative estimate of drug-likeness (QED) is 0.384. The molecule has 2 aromatic rings. The standard InChI is InChI=1S/C21H24O5.CH4O/c1-19(2)8-21(14-10(19)5-6-12(22)16(14)24)9-20(3,4)11-7-13(23)17(25)18(26)15(11)21;1-2/h5-7,22-26H,8-9H2,1-4H3;2H,1H3. The van der Waals surface area contributed by atoms with Crippen molar-refractivity contribution in [2.24, 2.45) is 0 Å². The number of phenolic OH excluding ortho intramolecular Hbond substituents is 5. The molecule has 4 rings (SSSR count). The van der Waals surface area contributed by atoms with Crippen molar-refractivity contribution in [1.29, 1.82) is 0 Å². The zero-order valence-corrected chi connectivity index (χ0v) is 16.8. The fraction of sp³-hybridized carbons (Fsp3) is 0.455. The second kappa shape index (κ2) is 5.95. The first-order chi connectivity index (χ1) is 12.9. The summed E-state index contributed by atoms with van der Waals surface area (Å²) in [5.41, 5.74) is 1.36. The molecule has 6 N–H and O–H groups in total. The third-order valence-electron chi connectivity index (χ3n) is 6.31. The summed E-state index contributed by atoms with van der Waals surface area (Å²) >= 11 is 0. The molecule has 2 aromatic carbocycles. The first-order valence-electron chi connectivity index (χ1n) is 9.22. The lowest BCUT2D eigenvalue weighted by Gasteiger charge is -2.31. The van der Waals surface area contributed by atoms with Gasteiger partial charge in [-0.05, 0) is 46.9 Å². The Bertz CT molecular complexity index is 960. The molecule has 0 bridgehead atoms. The Morgan fingerprint density at radius 3 is 1.71 bits per heavy atom. The number of phenols is 5. The lowest BCUT2D eigenvalue weighted by molar-refractivity contribution is 0.327. The van der Waals surface area contributed by atoms with Gasteiger partial charge in [0.05, 0.1) is 0 Å². The third kappa shape index (κ3) is 2.37. The molecule has 0 aliphatic heterocycles. The van der Waals surface area contributed by atoms with Crippen LogP contribution in [0, 0.1) is 0 Å². The van der Waals surface area contributed by atoms with Gasteiger partial charge in [-0.2, -0.15) is 0 Å². The van der Waals surface area contributed by atoms with E-state index < -0.39 is 16.6 Å². The number of fused-ring (bicyclic) bond motifs is 4. The number of aliphatic hydroxyl groups excluding tert-OH is 1. The summed E-state index contributed by atoms with van der Waals surface area (Å²) in [7, 11) is 1.00. The highest BCUT2D eigenvalue weighted by molar-refractivity contribution is 5.71.